The molecule has 3 aromatic rings. The van der Waals surface area contributed by atoms with E-state index in [1.165, 1.54) is 23.0 Å². The van der Waals surface area contributed by atoms with Gasteiger partial charge in [0, 0.05) is 5.56 Å². The summed E-state index contributed by atoms with van der Waals surface area (Å²) in [6, 6.07) is 9.80. The van der Waals surface area contributed by atoms with E-state index in [4.69, 9.17) is 23.7 Å². The van der Waals surface area contributed by atoms with Crippen LogP contribution in [0, 0.1) is 0 Å². The number of hydrogen-bond donors (Lipinski definition) is 0. The number of hydrogen-bond acceptors (Lipinski definition) is 9. The second kappa shape index (κ2) is 12.0. The van der Waals surface area contributed by atoms with Gasteiger partial charge < -0.3 is 23.7 Å². The largest absolute Gasteiger partial charge is 0.497 e. The number of allylic oxidation sites excluding steroid dienone is 1. The standard InChI is InChI=1S/C29H30N2O7S/c1-7-13-38-22-11-9-18(14-23(22)36-6)15-24-27(32)31-26(20-16-19(34-4)10-12-21(20)35-5)25(28(33)37-8-2)17(3)30-29(31)39-24/h7,9-12,14-16,26H,1,8,13H2,2-6H3/b24-15-/t26-/m1/s1. The Morgan fingerprint density at radius 3 is 2.49 bits per heavy atom. The van der Waals surface area contributed by atoms with Crippen LogP contribution in [0.3, 0.4) is 0 Å². The number of thiazole rings is 1. The first-order valence-electron chi connectivity index (χ1n) is 12.2. The van der Waals surface area contributed by atoms with Gasteiger partial charge in [-0.15, -0.1) is 0 Å². The molecule has 0 N–H and O–H groups in total. The van der Waals surface area contributed by atoms with Crippen molar-refractivity contribution in [2.45, 2.75) is 19.9 Å². The van der Waals surface area contributed by atoms with Crippen molar-refractivity contribution in [2.75, 3.05) is 34.5 Å². The van der Waals surface area contributed by atoms with Gasteiger partial charge in [0.15, 0.2) is 16.3 Å². The quantitative estimate of drug-likeness (QED) is 0.282. The van der Waals surface area contributed by atoms with Crippen molar-refractivity contribution in [2.24, 2.45) is 4.99 Å². The van der Waals surface area contributed by atoms with Crippen LogP contribution in [0.25, 0.3) is 6.08 Å². The molecular formula is C29H30N2O7S. The van der Waals surface area contributed by atoms with Gasteiger partial charge in [0.2, 0.25) is 0 Å². The summed E-state index contributed by atoms with van der Waals surface area (Å²) in [5, 5.41) is 0. The van der Waals surface area contributed by atoms with Crippen LogP contribution < -0.4 is 33.8 Å². The van der Waals surface area contributed by atoms with Crippen LogP contribution in [0.15, 0.2) is 70.1 Å². The highest BCUT2D eigenvalue weighted by atomic mass is 32.1. The molecule has 39 heavy (non-hydrogen) atoms. The monoisotopic (exact) mass is 550 g/mol. The normalized spacial score (nSPS) is 14.8. The third-order valence-electron chi connectivity index (χ3n) is 6.09. The SMILES string of the molecule is C=CCOc1ccc(/C=c2\sc3n(c2=O)[C@H](c2cc(OC)ccc2OC)C(C(=O)OCC)=C(C)N=3)cc1OC. The fourth-order valence-electron chi connectivity index (χ4n) is 4.33. The lowest BCUT2D eigenvalue weighted by atomic mass is 9.94. The fourth-order valence-corrected chi connectivity index (χ4v) is 5.38. The highest BCUT2D eigenvalue weighted by molar-refractivity contribution is 7.07. The second-order valence-corrected chi connectivity index (χ2v) is 9.43. The summed E-state index contributed by atoms with van der Waals surface area (Å²) < 4.78 is 29.5. The van der Waals surface area contributed by atoms with Gasteiger partial charge in [-0.3, -0.25) is 9.36 Å². The Morgan fingerprint density at radius 1 is 1.08 bits per heavy atom. The highest BCUT2D eigenvalue weighted by Crippen LogP contribution is 2.38. The van der Waals surface area contributed by atoms with Gasteiger partial charge in [0.05, 0.1) is 43.7 Å². The maximum atomic E-state index is 13.9. The van der Waals surface area contributed by atoms with Crippen molar-refractivity contribution < 1.29 is 28.5 Å². The molecule has 0 amide bonds. The Balaban J connectivity index is 1.94. The molecule has 1 aliphatic rings. The van der Waals surface area contributed by atoms with E-state index >= 15 is 0 Å². The van der Waals surface area contributed by atoms with Crippen LogP contribution in [0.5, 0.6) is 23.0 Å². The molecular weight excluding hydrogens is 520 g/mol. The van der Waals surface area contributed by atoms with Crippen molar-refractivity contribution in [3.05, 3.63) is 91.1 Å². The predicted molar refractivity (Wildman–Crippen MR) is 149 cm³/mol. The van der Waals surface area contributed by atoms with E-state index in [9.17, 15) is 9.59 Å². The molecule has 10 heteroatoms. The first-order valence-corrected chi connectivity index (χ1v) is 13.0. The molecule has 0 bridgehead atoms. The minimum Gasteiger partial charge on any atom is -0.497 e. The van der Waals surface area contributed by atoms with Crippen LogP contribution in [-0.2, 0) is 9.53 Å². The molecule has 2 aromatic carbocycles. The Morgan fingerprint density at radius 2 is 1.82 bits per heavy atom. The van der Waals surface area contributed by atoms with Crippen molar-refractivity contribution in [3.8, 4) is 23.0 Å². The summed E-state index contributed by atoms with van der Waals surface area (Å²) in [6.45, 7) is 7.64. The molecule has 2 heterocycles. The van der Waals surface area contributed by atoms with Crippen LogP contribution in [-0.4, -0.2) is 45.1 Å². The lowest BCUT2D eigenvalue weighted by Crippen LogP contribution is -2.40. The van der Waals surface area contributed by atoms with Gasteiger partial charge in [-0.05, 0) is 55.8 Å². The minimum absolute atomic E-state index is 0.177. The summed E-state index contributed by atoms with van der Waals surface area (Å²) in [5.74, 6) is 1.58. The Kier molecular flexibility index (Phi) is 8.55. The van der Waals surface area contributed by atoms with E-state index in [0.29, 0.717) is 50.2 Å². The van der Waals surface area contributed by atoms with Gasteiger partial charge in [-0.2, -0.15) is 0 Å². The molecule has 0 aliphatic carbocycles. The zero-order valence-electron chi connectivity index (χ0n) is 22.5. The summed E-state index contributed by atoms with van der Waals surface area (Å²) in [7, 11) is 4.63. The predicted octanol–water partition coefficient (Wildman–Crippen LogP) is 3.39. The fraction of sp³-hybridized carbons (Fsp3) is 0.276. The lowest BCUT2D eigenvalue weighted by molar-refractivity contribution is -0.139. The Hall–Kier alpha value is -4.31. The van der Waals surface area contributed by atoms with Gasteiger partial charge in [0.1, 0.15) is 24.1 Å². The number of esters is 1. The number of nitrogens with zero attached hydrogens (tertiary/aromatic N) is 2. The van der Waals surface area contributed by atoms with Crippen molar-refractivity contribution in [1.29, 1.82) is 0 Å². The molecule has 0 radical (unpaired) electrons. The molecule has 9 nitrogen and oxygen atoms in total. The smallest absolute Gasteiger partial charge is 0.338 e. The molecule has 0 spiro atoms. The average molecular weight is 551 g/mol. The van der Waals surface area contributed by atoms with Crippen LogP contribution in [0.4, 0.5) is 0 Å². The number of carbonyl (C=O) groups is 1. The first-order chi connectivity index (χ1) is 18.9. The number of methoxy groups -OCH3 is 3. The van der Waals surface area contributed by atoms with Gasteiger partial charge in [0.25, 0.3) is 5.56 Å². The van der Waals surface area contributed by atoms with Crippen molar-refractivity contribution in [1.82, 2.24) is 4.57 Å². The molecule has 0 fully saturated rings. The van der Waals surface area contributed by atoms with Gasteiger partial charge in [-0.25, -0.2) is 9.79 Å². The van der Waals surface area contributed by atoms with E-state index in [2.05, 4.69) is 11.6 Å². The third kappa shape index (κ3) is 5.46. The molecule has 4 rings (SSSR count). The summed E-state index contributed by atoms with van der Waals surface area (Å²) in [5.41, 5.74) is 1.72. The highest BCUT2D eigenvalue weighted by Gasteiger charge is 2.35. The number of carbonyl (C=O) groups excluding carboxylic acids is 1. The zero-order chi connectivity index (χ0) is 28.1. The molecule has 0 unspecified atom stereocenters. The van der Waals surface area contributed by atoms with E-state index in [1.54, 1.807) is 70.6 Å². The number of rotatable bonds is 10. The minimum atomic E-state index is -0.836. The molecule has 1 aromatic heterocycles. The number of fused-ring (bicyclic) bond motifs is 1. The van der Waals surface area contributed by atoms with Crippen molar-refractivity contribution in [3.63, 3.8) is 0 Å². The summed E-state index contributed by atoms with van der Waals surface area (Å²) in [4.78, 5) is 32.2. The maximum absolute atomic E-state index is 13.9. The maximum Gasteiger partial charge on any atom is 0.338 e. The van der Waals surface area contributed by atoms with Crippen molar-refractivity contribution >= 4 is 23.4 Å². The molecule has 0 saturated carbocycles. The lowest BCUT2D eigenvalue weighted by Gasteiger charge is -2.26. The molecule has 204 valence electrons. The second-order valence-electron chi connectivity index (χ2n) is 8.42. The van der Waals surface area contributed by atoms with Crippen LogP contribution in [0.2, 0.25) is 0 Å². The number of aromatic nitrogens is 1. The van der Waals surface area contributed by atoms with Gasteiger partial charge >= 0.3 is 5.97 Å². The van der Waals surface area contributed by atoms with Crippen LogP contribution >= 0.6 is 11.3 Å². The van der Waals surface area contributed by atoms with E-state index in [1.807, 2.05) is 6.07 Å². The van der Waals surface area contributed by atoms with Gasteiger partial charge in [-0.1, -0.05) is 30.1 Å². The van der Waals surface area contributed by atoms with E-state index < -0.39 is 12.0 Å². The van der Waals surface area contributed by atoms with E-state index in [-0.39, 0.29) is 17.7 Å². The molecule has 0 saturated heterocycles. The zero-order valence-corrected chi connectivity index (χ0v) is 23.3. The molecule has 1 aliphatic heterocycles. The first kappa shape index (κ1) is 27.7. The van der Waals surface area contributed by atoms with E-state index in [0.717, 1.165) is 5.56 Å². The summed E-state index contributed by atoms with van der Waals surface area (Å²) >= 11 is 1.23. The number of benzene rings is 2. The Labute approximate surface area is 229 Å². The number of ether oxygens (including phenoxy) is 5. The Bertz CT molecular complexity index is 1620. The summed E-state index contributed by atoms with van der Waals surface area (Å²) in [6.07, 6.45) is 3.40. The third-order valence-corrected chi connectivity index (χ3v) is 7.07. The van der Waals surface area contributed by atoms with Crippen LogP contribution in [0.1, 0.15) is 31.0 Å². The molecule has 1 atom stereocenters. The topological polar surface area (TPSA) is 97.6 Å². The average Bonchev–Trinajstić information content (AvgIpc) is 3.24.